The highest BCUT2D eigenvalue weighted by Crippen LogP contribution is 2.28. The molecule has 7 N–H and O–H groups in total. The highest BCUT2D eigenvalue weighted by atomic mass is 79.9. The van der Waals surface area contributed by atoms with Crippen molar-refractivity contribution in [3.8, 4) is 28.4 Å². The lowest BCUT2D eigenvalue weighted by atomic mass is 9.91. The molecule has 1 aliphatic heterocycles. The first kappa shape index (κ1) is 43.1. The van der Waals surface area contributed by atoms with Gasteiger partial charge >= 0.3 is 17.9 Å². The number of nitrogens with zero attached hydrogens (tertiary/aromatic N) is 1. The van der Waals surface area contributed by atoms with Crippen LogP contribution in [0, 0.1) is 0 Å². The smallest absolute Gasteiger partial charge is 0.349 e. The molecule has 3 aromatic carbocycles. The van der Waals surface area contributed by atoms with Gasteiger partial charge in [0.1, 0.15) is 17.2 Å². The first-order chi connectivity index (χ1) is 24.6. The van der Waals surface area contributed by atoms with Crippen LogP contribution in [0.2, 0.25) is 0 Å². The quantitative estimate of drug-likeness (QED) is 0.107. The van der Waals surface area contributed by atoms with Crippen LogP contribution >= 0.6 is 15.9 Å². The number of carbonyl (C=O) groups is 3. The maximum absolute atomic E-state index is 11.9. The minimum absolute atomic E-state index is 0.279. The summed E-state index contributed by atoms with van der Waals surface area (Å²) in [6.07, 6.45) is 1.36. The number of hydrogen-bond acceptors (Lipinski definition) is 11. The van der Waals surface area contributed by atoms with Gasteiger partial charge in [-0.3, -0.25) is 4.98 Å². The van der Waals surface area contributed by atoms with Crippen molar-refractivity contribution in [2.75, 3.05) is 19.7 Å². The fraction of sp³-hybridized carbons (Fsp3) is 0.316. The maximum Gasteiger partial charge on any atom is 0.349 e. The Morgan fingerprint density at radius 2 is 1.50 bits per heavy atom. The predicted octanol–water partition coefficient (Wildman–Crippen LogP) is 5.36. The number of esters is 1. The molecule has 1 saturated heterocycles. The summed E-state index contributed by atoms with van der Waals surface area (Å²) in [5, 5.41) is 54.0. The normalized spacial score (nSPS) is 14.6. The molecule has 1 aromatic heterocycles. The summed E-state index contributed by atoms with van der Waals surface area (Å²) in [4.78, 5) is 35.5. The number of piperidine rings is 1. The summed E-state index contributed by atoms with van der Waals surface area (Å²) in [5.74, 6) is -2.07. The lowest BCUT2D eigenvalue weighted by Crippen LogP contribution is -2.39. The standard InChI is InChI=1S/C17H25NO3.C11H9NO.C6H5BrO.C4H6O6/c1-4-20-16(19)17(2,3)21-15-9-5-7-13(11-15)14-8-6-10-18-12-14;13-11-5-1-3-9(7-11)10-4-2-6-12-8-10;7-5-2-1-3-6(8)4-5;5-1(3(7)8)2(6)4(9)10/h5,7,9,11,14,18H,4,6,8,10,12H2,1-3H3;1-8,13H;1-4,8H;1-2,5-6H,(H,7,8)(H,9,10)/t;;;1-,2-/m...1/s1. The van der Waals surface area contributed by atoms with E-state index in [1.165, 1.54) is 18.4 Å². The molecule has 1 aliphatic rings. The summed E-state index contributed by atoms with van der Waals surface area (Å²) in [7, 11) is 0. The van der Waals surface area contributed by atoms with Crippen LogP contribution < -0.4 is 10.1 Å². The minimum Gasteiger partial charge on any atom is -0.508 e. The van der Waals surface area contributed by atoms with Crippen molar-refractivity contribution in [2.45, 2.75) is 57.3 Å². The number of halogens is 1. The summed E-state index contributed by atoms with van der Waals surface area (Å²) in [6.45, 7) is 7.73. The molecule has 0 radical (unpaired) electrons. The maximum atomic E-state index is 11.9. The van der Waals surface area contributed by atoms with Gasteiger partial charge in [-0.1, -0.05) is 52.3 Å². The van der Waals surface area contributed by atoms with Gasteiger partial charge in [-0.05, 0) is 106 Å². The van der Waals surface area contributed by atoms with Crippen molar-refractivity contribution in [3.05, 3.63) is 107 Å². The van der Waals surface area contributed by atoms with E-state index in [-0.39, 0.29) is 11.7 Å². The molecule has 52 heavy (non-hydrogen) atoms. The van der Waals surface area contributed by atoms with Gasteiger partial charge in [0.15, 0.2) is 17.8 Å². The summed E-state index contributed by atoms with van der Waals surface area (Å²) in [5.41, 5.74) is 2.28. The molecule has 0 spiro atoms. The molecule has 2 heterocycles. The molecule has 13 nitrogen and oxygen atoms in total. The molecular formula is C38H45BrN2O11. The third kappa shape index (κ3) is 15.5. The van der Waals surface area contributed by atoms with Crippen molar-refractivity contribution >= 4 is 33.8 Å². The molecule has 0 aliphatic carbocycles. The fourth-order valence-corrected chi connectivity index (χ4v) is 4.96. The lowest BCUT2D eigenvalue weighted by molar-refractivity contribution is -0.165. The zero-order valence-corrected chi connectivity index (χ0v) is 30.6. The number of aromatic hydroxyl groups is 2. The van der Waals surface area contributed by atoms with Crippen molar-refractivity contribution in [1.29, 1.82) is 0 Å². The Morgan fingerprint density at radius 1 is 0.885 bits per heavy atom. The van der Waals surface area contributed by atoms with Crippen molar-refractivity contribution in [1.82, 2.24) is 10.3 Å². The molecule has 1 unspecified atom stereocenters. The van der Waals surface area contributed by atoms with Crippen LogP contribution in [0.5, 0.6) is 17.2 Å². The van der Waals surface area contributed by atoms with Crippen LogP contribution in [0.15, 0.2) is 102 Å². The SMILES string of the molecule is CCOC(=O)C(C)(C)Oc1cccc(C2CCCNC2)c1.O=C(O)[C@H](O)[C@@H](O)C(=O)O.Oc1cccc(-c2cccnc2)c1.Oc1cccc(Br)c1. The van der Waals surface area contributed by atoms with Crippen molar-refractivity contribution in [3.63, 3.8) is 0 Å². The average molecular weight is 786 g/mol. The van der Waals surface area contributed by atoms with Crippen LogP contribution in [-0.2, 0) is 19.1 Å². The summed E-state index contributed by atoms with van der Waals surface area (Å²) in [6, 6.07) is 25.9. The number of hydrogen-bond donors (Lipinski definition) is 7. The Bertz CT molecular complexity index is 1660. The zero-order valence-electron chi connectivity index (χ0n) is 29.1. The van der Waals surface area contributed by atoms with E-state index in [1.54, 1.807) is 63.5 Å². The number of phenolic OH excluding ortho intramolecular Hbond substituents is 2. The number of aliphatic hydroxyl groups is 2. The number of aliphatic hydroxyl groups excluding tert-OH is 2. The molecule has 14 heteroatoms. The number of carboxylic acids is 2. The number of aromatic nitrogens is 1. The molecule has 0 amide bonds. The Hall–Kier alpha value is -5.02. The molecule has 5 rings (SSSR count). The molecule has 4 aromatic rings. The lowest BCUT2D eigenvalue weighted by Gasteiger charge is -2.26. The van der Waals surface area contributed by atoms with Gasteiger partial charge in [-0.15, -0.1) is 0 Å². The third-order valence-electron chi connectivity index (χ3n) is 7.22. The number of aliphatic carboxylic acids is 2. The molecule has 1 fully saturated rings. The van der Waals surface area contributed by atoms with Gasteiger partial charge < -0.3 is 45.4 Å². The summed E-state index contributed by atoms with van der Waals surface area (Å²) < 4.78 is 11.8. The van der Waals surface area contributed by atoms with Gasteiger partial charge in [0.05, 0.1) is 6.61 Å². The van der Waals surface area contributed by atoms with Crippen LogP contribution in [0.3, 0.4) is 0 Å². The van der Waals surface area contributed by atoms with E-state index in [0.717, 1.165) is 34.4 Å². The van der Waals surface area contributed by atoms with Crippen LogP contribution in [0.25, 0.3) is 11.1 Å². The molecule has 0 saturated carbocycles. The van der Waals surface area contributed by atoms with Gasteiger partial charge in [-0.25, -0.2) is 14.4 Å². The first-order valence-corrected chi connectivity index (χ1v) is 17.1. The van der Waals surface area contributed by atoms with Gasteiger partial charge in [0, 0.05) is 29.0 Å². The molecule has 3 atom stereocenters. The van der Waals surface area contributed by atoms with E-state index in [1.807, 2.05) is 48.5 Å². The fourth-order valence-electron chi connectivity index (χ4n) is 4.57. The number of nitrogens with one attached hydrogen (secondary N) is 1. The van der Waals surface area contributed by atoms with Gasteiger partial charge in [0.25, 0.3) is 0 Å². The predicted molar refractivity (Wildman–Crippen MR) is 197 cm³/mol. The number of ether oxygens (including phenoxy) is 2. The average Bonchev–Trinajstić information content (AvgIpc) is 3.12. The van der Waals surface area contributed by atoms with Crippen molar-refractivity contribution in [2.24, 2.45) is 0 Å². The number of benzene rings is 3. The second-order valence-electron chi connectivity index (χ2n) is 11.8. The number of carbonyl (C=O) groups excluding carboxylic acids is 1. The van der Waals surface area contributed by atoms with E-state index >= 15 is 0 Å². The van der Waals surface area contributed by atoms with E-state index in [2.05, 4.69) is 32.3 Å². The number of phenols is 2. The van der Waals surface area contributed by atoms with E-state index in [9.17, 15) is 19.5 Å². The van der Waals surface area contributed by atoms with Crippen molar-refractivity contribution < 1.29 is 54.5 Å². The third-order valence-corrected chi connectivity index (χ3v) is 7.71. The summed E-state index contributed by atoms with van der Waals surface area (Å²) >= 11 is 3.20. The monoisotopic (exact) mass is 784 g/mol. The van der Waals surface area contributed by atoms with Gasteiger partial charge in [0.2, 0.25) is 0 Å². The van der Waals surface area contributed by atoms with Crippen LogP contribution in [0.1, 0.15) is 45.1 Å². The Balaban J connectivity index is 0.000000259. The highest BCUT2D eigenvalue weighted by Gasteiger charge is 2.32. The Labute approximate surface area is 310 Å². The van der Waals surface area contributed by atoms with Crippen LogP contribution in [-0.4, -0.2) is 91.0 Å². The zero-order chi connectivity index (χ0) is 38.7. The Morgan fingerprint density at radius 3 is 2.00 bits per heavy atom. The largest absolute Gasteiger partial charge is 0.508 e. The highest BCUT2D eigenvalue weighted by molar-refractivity contribution is 9.10. The van der Waals surface area contributed by atoms with Crippen LogP contribution in [0.4, 0.5) is 0 Å². The molecular weight excluding hydrogens is 740 g/mol. The van der Waals surface area contributed by atoms with Gasteiger partial charge in [-0.2, -0.15) is 0 Å². The van der Waals surface area contributed by atoms with E-state index in [0.29, 0.717) is 18.3 Å². The molecule has 280 valence electrons. The topological polar surface area (TPSA) is 216 Å². The number of rotatable bonds is 9. The number of carboxylic acid groups (broad SMARTS) is 2. The minimum atomic E-state index is -2.27. The Kier molecular flexibility index (Phi) is 18.3. The second-order valence-corrected chi connectivity index (χ2v) is 12.7. The number of pyridine rings is 1. The second kappa shape index (κ2) is 22.0. The van der Waals surface area contributed by atoms with E-state index < -0.39 is 29.7 Å². The molecule has 0 bridgehead atoms. The van der Waals surface area contributed by atoms with E-state index in [4.69, 9.17) is 35.0 Å². The first-order valence-electron chi connectivity index (χ1n) is 16.3.